The van der Waals surface area contributed by atoms with Crippen molar-refractivity contribution in [3.8, 4) is 0 Å². The summed E-state index contributed by atoms with van der Waals surface area (Å²) in [7, 11) is 0. The van der Waals surface area contributed by atoms with Crippen molar-refractivity contribution in [1.29, 1.82) is 0 Å². The first-order valence-electron chi connectivity index (χ1n) is 3.55. The van der Waals surface area contributed by atoms with E-state index >= 15 is 0 Å². The summed E-state index contributed by atoms with van der Waals surface area (Å²) < 4.78 is 0. The van der Waals surface area contributed by atoms with Crippen LogP contribution in [-0.4, -0.2) is 11.0 Å². The summed E-state index contributed by atoms with van der Waals surface area (Å²) in [5.74, 6) is 0. The molecule has 2 nitrogen and oxygen atoms in total. The Hall–Kier alpha value is -0.600. The number of rotatable bonds is 2. The summed E-state index contributed by atoms with van der Waals surface area (Å²) in [4.78, 5) is 4.10. The van der Waals surface area contributed by atoms with Crippen molar-refractivity contribution in [2.75, 3.05) is 0 Å². The van der Waals surface area contributed by atoms with E-state index < -0.39 is 0 Å². The van der Waals surface area contributed by atoms with Gasteiger partial charge in [0.15, 0.2) is 0 Å². The summed E-state index contributed by atoms with van der Waals surface area (Å²) in [6.07, 6.45) is 0.778. The Bertz CT molecular complexity index is 235. The van der Waals surface area contributed by atoms with Gasteiger partial charge in [-0.3, -0.25) is 0 Å². The second-order valence-corrected chi connectivity index (χ2v) is 3.02. The highest BCUT2D eigenvalue weighted by Gasteiger charge is 1.98. The molecule has 2 N–H and O–H groups in total. The summed E-state index contributed by atoms with van der Waals surface area (Å²) in [5, 5.41) is 0.531. The van der Waals surface area contributed by atoms with Crippen LogP contribution >= 0.6 is 11.6 Å². The maximum absolute atomic E-state index is 5.68. The van der Waals surface area contributed by atoms with Crippen LogP contribution in [-0.2, 0) is 6.42 Å². The van der Waals surface area contributed by atoms with Crippen LogP contribution in [0.5, 0.6) is 0 Å². The molecule has 1 heterocycles. The third kappa shape index (κ3) is 2.87. The van der Waals surface area contributed by atoms with E-state index in [-0.39, 0.29) is 6.04 Å². The highest BCUT2D eigenvalue weighted by molar-refractivity contribution is 6.29. The molecule has 0 aromatic carbocycles. The van der Waals surface area contributed by atoms with Crippen LogP contribution in [0.2, 0.25) is 5.15 Å². The number of hydrogen-bond donors (Lipinski definition) is 1. The summed E-state index contributed by atoms with van der Waals surface area (Å²) in [6, 6.07) is 5.70. The Kier molecular flexibility index (Phi) is 2.85. The van der Waals surface area contributed by atoms with Gasteiger partial charge < -0.3 is 5.73 Å². The molecule has 0 fully saturated rings. The molecular formula is C8H11ClN2. The number of nitrogens with two attached hydrogens (primary N) is 1. The molecule has 0 spiro atoms. The highest BCUT2D eigenvalue weighted by atomic mass is 35.5. The van der Waals surface area contributed by atoms with Gasteiger partial charge in [-0.2, -0.15) is 0 Å². The molecule has 1 rings (SSSR count). The van der Waals surface area contributed by atoms with Crippen LogP contribution in [0.3, 0.4) is 0 Å². The maximum atomic E-state index is 5.68. The number of pyridine rings is 1. The predicted molar refractivity (Wildman–Crippen MR) is 46.6 cm³/mol. The van der Waals surface area contributed by atoms with E-state index in [0.29, 0.717) is 5.15 Å². The van der Waals surface area contributed by atoms with E-state index in [4.69, 9.17) is 17.3 Å². The number of hydrogen-bond acceptors (Lipinski definition) is 2. The third-order valence-electron chi connectivity index (χ3n) is 1.30. The van der Waals surface area contributed by atoms with Gasteiger partial charge in [0, 0.05) is 18.2 Å². The molecule has 11 heavy (non-hydrogen) atoms. The van der Waals surface area contributed by atoms with Crippen LogP contribution in [0.15, 0.2) is 18.2 Å². The van der Waals surface area contributed by atoms with Crippen LogP contribution in [0.1, 0.15) is 12.6 Å². The van der Waals surface area contributed by atoms with Gasteiger partial charge in [0.25, 0.3) is 0 Å². The van der Waals surface area contributed by atoms with Gasteiger partial charge in [0.05, 0.1) is 0 Å². The van der Waals surface area contributed by atoms with E-state index in [2.05, 4.69) is 4.98 Å². The van der Waals surface area contributed by atoms with Crippen molar-refractivity contribution >= 4 is 11.6 Å². The lowest BCUT2D eigenvalue weighted by Crippen LogP contribution is -2.18. The van der Waals surface area contributed by atoms with E-state index in [1.807, 2.05) is 19.1 Å². The predicted octanol–water partition coefficient (Wildman–Crippen LogP) is 1.62. The quantitative estimate of drug-likeness (QED) is 0.686. The fourth-order valence-corrected chi connectivity index (χ4v) is 1.08. The lowest BCUT2D eigenvalue weighted by atomic mass is 10.2. The standard InChI is InChI=1S/C8H11ClN2/c1-6(10)5-7-3-2-4-8(9)11-7/h2-4,6H,5,10H2,1H3/t6-/m1/s1. The van der Waals surface area contributed by atoms with Crippen LogP contribution in [0.4, 0.5) is 0 Å². The molecule has 0 bridgehead atoms. The lowest BCUT2D eigenvalue weighted by molar-refractivity contribution is 0.722. The molecule has 3 heteroatoms. The Morgan fingerprint density at radius 3 is 2.91 bits per heavy atom. The summed E-state index contributed by atoms with van der Waals surface area (Å²) in [5.41, 5.74) is 6.54. The molecule has 0 saturated carbocycles. The van der Waals surface area contributed by atoms with Crippen molar-refractivity contribution in [1.82, 2.24) is 4.98 Å². The zero-order chi connectivity index (χ0) is 8.27. The molecule has 1 aromatic rings. The molecule has 60 valence electrons. The van der Waals surface area contributed by atoms with Gasteiger partial charge >= 0.3 is 0 Å². The fourth-order valence-electron chi connectivity index (χ4n) is 0.894. The first kappa shape index (κ1) is 8.50. The van der Waals surface area contributed by atoms with Crippen LogP contribution in [0, 0.1) is 0 Å². The minimum absolute atomic E-state index is 0.140. The smallest absolute Gasteiger partial charge is 0.129 e. The fraction of sp³-hybridized carbons (Fsp3) is 0.375. The molecule has 1 atom stereocenters. The molecular weight excluding hydrogens is 160 g/mol. The summed E-state index contributed by atoms with van der Waals surface area (Å²) >= 11 is 5.68. The van der Waals surface area contributed by atoms with E-state index in [0.717, 1.165) is 12.1 Å². The van der Waals surface area contributed by atoms with Crippen molar-refractivity contribution < 1.29 is 0 Å². The molecule has 0 aliphatic carbocycles. The molecule has 0 aliphatic rings. The Morgan fingerprint density at radius 1 is 1.64 bits per heavy atom. The SMILES string of the molecule is C[C@@H](N)Cc1cccc(Cl)n1. The topological polar surface area (TPSA) is 38.9 Å². The number of halogens is 1. The van der Waals surface area contributed by atoms with E-state index in [9.17, 15) is 0 Å². The molecule has 0 unspecified atom stereocenters. The molecule has 0 saturated heterocycles. The Labute approximate surface area is 71.4 Å². The van der Waals surface area contributed by atoms with E-state index in [1.165, 1.54) is 0 Å². The largest absolute Gasteiger partial charge is 0.328 e. The van der Waals surface area contributed by atoms with Crippen LogP contribution in [0.25, 0.3) is 0 Å². The Balaban J connectivity index is 2.71. The van der Waals surface area contributed by atoms with Gasteiger partial charge in [0.2, 0.25) is 0 Å². The molecule has 0 aliphatic heterocycles. The first-order valence-corrected chi connectivity index (χ1v) is 3.93. The second-order valence-electron chi connectivity index (χ2n) is 2.63. The van der Waals surface area contributed by atoms with Gasteiger partial charge in [-0.15, -0.1) is 0 Å². The van der Waals surface area contributed by atoms with Crippen molar-refractivity contribution in [3.63, 3.8) is 0 Å². The van der Waals surface area contributed by atoms with E-state index in [1.54, 1.807) is 6.07 Å². The van der Waals surface area contributed by atoms with Gasteiger partial charge in [-0.05, 0) is 19.1 Å². The highest BCUT2D eigenvalue weighted by Crippen LogP contribution is 2.05. The van der Waals surface area contributed by atoms with Crippen molar-refractivity contribution in [2.24, 2.45) is 5.73 Å². The lowest BCUT2D eigenvalue weighted by Gasteiger charge is -2.03. The van der Waals surface area contributed by atoms with Gasteiger partial charge in [-0.25, -0.2) is 4.98 Å². The number of aromatic nitrogens is 1. The third-order valence-corrected chi connectivity index (χ3v) is 1.51. The normalized spacial score (nSPS) is 13.0. The average molecular weight is 171 g/mol. The maximum Gasteiger partial charge on any atom is 0.129 e. The first-order chi connectivity index (χ1) is 5.18. The average Bonchev–Trinajstić information content (AvgIpc) is 1.85. The monoisotopic (exact) mass is 170 g/mol. The zero-order valence-electron chi connectivity index (χ0n) is 6.42. The second kappa shape index (κ2) is 3.69. The van der Waals surface area contributed by atoms with Crippen molar-refractivity contribution in [3.05, 3.63) is 29.0 Å². The minimum Gasteiger partial charge on any atom is -0.328 e. The molecule has 0 amide bonds. The number of nitrogens with zero attached hydrogens (tertiary/aromatic N) is 1. The Morgan fingerprint density at radius 2 is 2.36 bits per heavy atom. The van der Waals surface area contributed by atoms with Gasteiger partial charge in [-0.1, -0.05) is 17.7 Å². The van der Waals surface area contributed by atoms with Crippen molar-refractivity contribution in [2.45, 2.75) is 19.4 Å². The summed E-state index contributed by atoms with van der Waals surface area (Å²) in [6.45, 7) is 1.95. The van der Waals surface area contributed by atoms with Gasteiger partial charge in [0.1, 0.15) is 5.15 Å². The minimum atomic E-state index is 0.140. The molecule has 0 radical (unpaired) electrons. The zero-order valence-corrected chi connectivity index (χ0v) is 7.17. The van der Waals surface area contributed by atoms with Crippen LogP contribution < -0.4 is 5.73 Å². The molecule has 1 aromatic heterocycles.